The molecule has 6 heteroatoms. The summed E-state index contributed by atoms with van der Waals surface area (Å²) < 4.78 is 7.84. The van der Waals surface area contributed by atoms with Crippen LogP contribution in [0.5, 0.6) is 0 Å². The van der Waals surface area contributed by atoms with Gasteiger partial charge >= 0.3 is 5.97 Å². The Morgan fingerprint density at radius 3 is 2.67 bits per heavy atom. The van der Waals surface area contributed by atoms with Gasteiger partial charge < -0.3 is 4.74 Å². The molecule has 0 amide bonds. The van der Waals surface area contributed by atoms with E-state index >= 15 is 0 Å². The summed E-state index contributed by atoms with van der Waals surface area (Å²) in [5.74, 6) is -0.228. The van der Waals surface area contributed by atoms with Crippen molar-refractivity contribution in [3.8, 4) is 0 Å². The van der Waals surface area contributed by atoms with E-state index in [2.05, 4.69) is 20.9 Å². The minimum atomic E-state index is -0.469. The highest BCUT2D eigenvalue weighted by atomic mass is 79.9. The summed E-state index contributed by atoms with van der Waals surface area (Å²) in [6.07, 6.45) is 4.02. The molecule has 3 aromatic rings. The molecule has 2 aromatic carbocycles. The van der Waals surface area contributed by atoms with Crippen molar-refractivity contribution in [2.45, 2.75) is 13.3 Å². The molecule has 27 heavy (non-hydrogen) atoms. The number of hydrogen-bond donors (Lipinski definition) is 0. The minimum absolute atomic E-state index is 0.0547. The fourth-order valence-electron chi connectivity index (χ4n) is 3.04. The summed E-state index contributed by atoms with van der Waals surface area (Å²) in [6, 6.07) is 15.1. The first-order chi connectivity index (χ1) is 13.0. The molecule has 1 aliphatic heterocycles. The molecule has 134 valence electrons. The van der Waals surface area contributed by atoms with E-state index in [1.54, 1.807) is 10.6 Å². The minimum Gasteiger partial charge on any atom is -0.402 e. The molecule has 0 saturated heterocycles. The molecular formula is C21H15BrN2O3. The van der Waals surface area contributed by atoms with Gasteiger partial charge in [0.05, 0.1) is 5.52 Å². The summed E-state index contributed by atoms with van der Waals surface area (Å²) in [5.41, 5.74) is 2.82. The van der Waals surface area contributed by atoms with Crippen molar-refractivity contribution < 1.29 is 14.3 Å². The molecule has 0 saturated carbocycles. The van der Waals surface area contributed by atoms with Gasteiger partial charge in [-0.25, -0.2) is 9.79 Å². The smallest absolute Gasteiger partial charge is 0.363 e. The lowest BCUT2D eigenvalue weighted by Gasteiger charge is -1.98. The molecule has 1 aliphatic rings. The number of cyclic esters (lactones) is 1. The van der Waals surface area contributed by atoms with Crippen LogP contribution in [-0.4, -0.2) is 22.3 Å². The number of ether oxygens (including phenoxy) is 1. The third kappa shape index (κ3) is 3.36. The van der Waals surface area contributed by atoms with Crippen LogP contribution in [-0.2, 0) is 16.0 Å². The summed E-state index contributed by atoms with van der Waals surface area (Å²) in [5, 5.41) is 0.980. The van der Waals surface area contributed by atoms with Gasteiger partial charge in [-0.15, -0.1) is 0 Å². The van der Waals surface area contributed by atoms with Crippen molar-refractivity contribution in [1.29, 1.82) is 0 Å². The maximum absolute atomic E-state index is 12.1. The highest BCUT2D eigenvalue weighted by Gasteiger charge is 2.24. The number of hydrogen-bond acceptors (Lipinski definition) is 4. The second kappa shape index (κ2) is 6.96. The van der Waals surface area contributed by atoms with Crippen molar-refractivity contribution in [2.24, 2.45) is 4.99 Å². The van der Waals surface area contributed by atoms with Crippen LogP contribution in [0.25, 0.3) is 10.9 Å². The molecule has 0 bridgehead atoms. The van der Waals surface area contributed by atoms with Crippen molar-refractivity contribution in [3.63, 3.8) is 0 Å². The zero-order valence-corrected chi connectivity index (χ0v) is 16.1. The Morgan fingerprint density at radius 2 is 1.93 bits per heavy atom. The normalized spacial score (nSPS) is 15.3. The van der Waals surface area contributed by atoms with Gasteiger partial charge in [0.15, 0.2) is 0 Å². The maximum Gasteiger partial charge on any atom is 0.363 e. The van der Waals surface area contributed by atoms with Gasteiger partial charge in [0.25, 0.3) is 0 Å². The van der Waals surface area contributed by atoms with E-state index in [-0.39, 0.29) is 11.6 Å². The lowest BCUT2D eigenvalue weighted by Crippen LogP contribution is -2.05. The van der Waals surface area contributed by atoms with E-state index in [0.29, 0.717) is 12.3 Å². The monoisotopic (exact) mass is 422 g/mol. The van der Waals surface area contributed by atoms with Crippen molar-refractivity contribution in [2.75, 3.05) is 0 Å². The highest BCUT2D eigenvalue weighted by Crippen LogP contribution is 2.24. The molecule has 0 spiro atoms. The third-order valence-corrected chi connectivity index (χ3v) is 4.89. The van der Waals surface area contributed by atoms with E-state index in [0.717, 1.165) is 26.5 Å². The number of allylic oxidation sites excluding steroid dienone is 1. The van der Waals surface area contributed by atoms with Gasteiger partial charge in [-0.05, 0) is 48.4 Å². The van der Waals surface area contributed by atoms with Gasteiger partial charge in [-0.3, -0.25) is 9.36 Å². The third-order valence-electron chi connectivity index (χ3n) is 4.36. The molecule has 1 aromatic heterocycles. The van der Waals surface area contributed by atoms with Gasteiger partial charge in [0.2, 0.25) is 11.8 Å². The summed E-state index contributed by atoms with van der Waals surface area (Å²) in [7, 11) is 0. The molecule has 0 fully saturated rings. The zero-order chi connectivity index (χ0) is 19.0. The quantitative estimate of drug-likeness (QED) is 0.461. The maximum atomic E-state index is 12.1. The lowest BCUT2D eigenvalue weighted by atomic mass is 10.1. The van der Waals surface area contributed by atoms with E-state index in [4.69, 9.17) is 4.74 Å². The molecule has 5 nitrogen and oxygen atoms in total. The first kappa shape index (κ1) is 17.4. The van der Waals surface area contributed by atoms with Crippen LogP contribution < -0.4 is 0 Å². The molecule has 0 radical (unpaired) electrons. The summed E-state index contributed by atoms with van der Waals surface area (Å²) in [6.45, 7) is 1.53. The summed E-state index contributed by atoms with van der Waals surface area (Å²) in [4.78, 5) is 28.3. The number of aromatic nitrogens is 1. The van der Waals surface area contributed by atoms with Gasteiger partial charge in [-0.2, -0.15) is 0 Å². The average molecular weight is 423 g/mol. The summed E-state index contributed by atoms with van der Waals surface area (Å²) >= 11 is 3.38. The number of benzene rings is 2. The number of aliphatic imine (C=N–C) groups is 1. The lowest BCUT2D eigenvalue weighted by molar-refractivity contribution is -0.130. The molecule has 0 unspecified atom stereocenters. The number of fused-ring (bicyclic) bond motifs is 1. The average Bonchev–Trinajstić information content (AvgIpc) is 3.21. The van der Waals surface area contributed by atoms with E-state index in [1.165, 1.54) is 6.92 Å². The molecule has 0 N–H and O–H groups in total. The number of rotatable bonds is 3. The number of nitrogens with zero attached hydrogens (tertiary/aromatic N) is 2. The van der Waals surface area contributed by atoms with Crippen molar-refractivity contribution in [3.05, 3.63) is 82.1 Å². The van der Waals surface area contributed by atoms with Crippen molar-refractivity contribution >= 4 is 44.6 Å². The van der Waals surface area contributed by atoms with E-state index < -0.39 is 5.97 Å². The predicted octanol–water partition coefficient (Wildman–Crippen LogP) is 4.49. The van der Waals surface area contributed by atoms with Crippen LogP contribution in [0.2, 0.25) is 0 Å². The van der Waals surface area contributed by atoms with Crippen molar-refractivity contribution in [1.82, 2.24) is 4.57 Å². The van der Waals surface area contributed by atoms with Gasteiger partial charge in [-0.1, -0.05) is 34.1 Å². The Morgan fingerprint density at radius 1 is 1.19 bits per heavy atom. The molecule has 0 atom stereocenters. The molecule has 4 rings (SSSR count). The van der Waals surface area contributed by atoms with Crippen LogP contribution in [0.15, 0.2) is 76.0 Å². The fourth-order valence-corrected chi connectivity index (χ4v) is 3.31. The standard InChI is InChI=1S/C21H15BrN2O3/c1-13(25)24-12-15(17-4-2-3-5-19(17)24)8-11-18-21(26)27-20(23-18)14-6-9-16(22)10-7-14/h2-7,9-12H,8H2,1H3/b18-11-. The predicted molar refractivity (Wildman–Crippen MR) is 107 cm³/mol. The first-order valence-corrected chi connectivity index (χ1v) is 9.19. The van der Waals surface area contributed by atoms with E-state index in [1.807, 2.05) is 54.7 Å². The Labute approximate surface area is 164 Å². The largest absolute Gasteiger partial charge is 0.402 e. The zero-order valence-electron chi connectivity index (χ0n) is 14.5. The fraction of sp³-hybridized carbons (Fsp3) is 0.0952. The van der Waals surface area contributed by atoms with E-state index in [9.17, 15) is 9.59 Å². The number of carbonyl (C=O) groups is 2. The SMILES string of the molecule is CC(=O)n1cc(C/C=C2\N=C(c3ccc(Br)cc3)OC2=O)c2ccccc21. The van der Waals surface area contributed by atoms with Crippen LogP contribution in [0.3, 0.4) is 0 Å². The van der Waals surface area contributed by atoms with Crippen LogP contribution in [0.4, 0.5) is 0 Å². The van der Waals surface area contributed by atoms with Gasteiger partial charge in [0.1, 0.15) is 5.70 Å². The first-order valence-electron chi connectivity index (χ1n) is 8.40. The molecule has 0 aliphatic carbocycles. The van der Waals surface area contributed by atoms with Crippen LogP contribution in [0.1, 0.15) is 22.8 Å². The second-order valence-corrected chi connectivity index (χ2v) is 7.08. The Bertz CT molecular complexity index is 1120. The van der Waals surface area contributed by atoms with Crippen LogP contribution >= 0.6 is 15.9 Å². The Balaban J connectivity index is 1.65. The molecule has 2 heterocycles. The number of para-hydroxylation sites is 1. The number of carbonyl (C=O) groups excluding carboxylic acids is 2. The topological polar surface area (TPSA) is 60.7 Å². The number of esters is 1. The highest BCUT2D eigenvalue weighted by molar-refractivity contribution is 9.10. The Hall–Kier alpha value is -2.99. The molecular weight excluding hydrogens is 408 g/mol. The number of halogens is 1. The van der Waals surface area contributed by atoms with Gasteiger partial charge in [0, 0.05) is 28.5 Å². The Kier molecular flexibility index (Phi) is 4.49. The van der Waals surface area contributed by atoms with Crippen LogP contribution in [0, 0.1) is 0 Å². The second-order valence-electron chi connectivity index (χ2n) is 6.17.